The van der Waals surface area contributed by atoms with Crippen molar-refractivity contribution >= 4 is 21.7 Å². The quantitative estimate of drug-likeness (QED) is 0.571. The van der Waals surface area contributed by atoms with Crippen molar-refractivity contribution in [3.63, 3.8) is 0 Å². The summed E-state index contributed by atoms with van der Waals surface area (Å²) in [6, 6.07) is 9.76. The fourth-order valence-electron chi connectivity index (χ4n) is 3.84. The zero-order valence-electron chi connectivity index (χ0n) is 19.0. The lowest BCUT2D eigenvalue weighted by atomic mass is 9.88. The van der Waals surface area contributed by atoms with Gasteiger partial charge in [-0.1, -0.05) is 23.4 Å². The second-order valence-electron chi connectivity index (χ2n) is 8.35. The van der Waals surface area contributed by atoms with Crippen molar-refractivity contribution in [3.05, 3.63) is 71.2 Å². The Morgan fingerprint density at radius 3 is 2.31 bits per heavy atom. The second-order valence-corrected chi connectivity index (χ2v) is 10.3. The van der Waals surface area contributed by atoms with Gasteiger partial charge in [0.25, 0.3) is 0 Å². The molecule has 0 aromatic heterocycles. The molecular weight excluding hydrogens is 506 g/mol. The Kier molecular flexibility index (Phi) is 8.37. The first-order valence-electron chi connectivity index (χ1n) is 10.9. The van der Waals surface area contributed by atoms with Gasteiger partial charge in [-0.3, -0.25) is 0 Å². The zero-order chi connectivity index (χ0) is 26.6. The molecule has 36 heavy (non-hydrogen) atoms. The fourth-order valence-corrected chi connectivity index (χ4v) is 5.28. The topological polar surface area (TPSA) is 120 Å². The molecule has 2 aromatic carbocycles. The molecule has 0 saturated carbocycles. The Morgan fingerprint density at radius 1 is 1.14 bits per heavy atom. The number of carbonyl (C=O) groups is 1. The van der Waals surface area contributed by atoms with E-state index in [2.05, 4.69) is 5.16 Å². The van der Waals surface area contributed by atoms with E-state index in [1.54, 1.807) is 6.07 Å². The average molecular weight is 531 g/mol. The molecule has 2 aliphatic heterocycles. The predicted molar refractivity (Wildman–Crippen MR) is 122 cm³/mol. The van der Waals surface area contributed by atoms with Gasteiger partial charge in [-0.25, -0.2) is 17.6 Å². The van der Waals surface area contributed by atoms with Crippen LogP contribution in [0.25, 0.3) is 5.73 Å². The fraction of sp³-hybridized carbons (Fsp3) is 0.391. The number of sulfonamides is 1. The van der Waals surface area contributed by atoms with E-state index in [0.717, 1.165) is 24.3 Å². The smallest absolute Gasteiger partial charge is 0.416 e. The van der Waals surface area contributed by atoms with E-state index in [4.69, 9.17) is 15.7 Å². The molecule has 2 heterocycles. The number of alkyl halides is 3. The number of oxime groups is 1. The maximum Gasteiger partial charge on any atom is 0.416 e. The summed E-state index contributed by atoms with van der Waals surface area (Å²) in [4.78, 5) is 16.2. The van der Waals surface area contributed by atoms with Crippen molar-refractivity contribution in [1.29, 1.82) is 0 Å². The van der Waals surface area contributed by atoms with Crippen LogP contribution in [0.5, 0.6) is 0 Å². The van der Waals surface area contributed by atoms with E-state index in [1.165, 1.54) is 22.5 Å². The lowest BCUT2D eigenvalue weighted by Crippen LogP contribution is -2.47. The van der Waals surface area contributed by atoms with Gasteiger partial charge in [0, 0.05) is 32.4 Å². The summed E-state index contributed by atoms with van der Waals surface area (Å²) in [5.74, 6) is -1.62. The molecule has 1 spiro atoms. The van der Waals surface area contributed by atoms with Crippen molar-refractivity contribution in [2.45, 2.75) is 42.4 Å². The van der Waals surface area contributed by atoms with E-state index in [9.17, 15) is 30.8 Å². The molecule has 2 aliphatic rings. The molecule has 0 unspecified atom stereocenters. The normalized spacial score (nSPS) is 17.6. The van der Waals surface area contributed by atoms with Crippen LogP contribution >= 0.6 is 0 Å². The van der Waals surface area contributed by atoms with Gasteiger partial charge in [0.1, 0.15) is 11.4 Å². The van der Waals surface area contributed by atoms with Gasteiger partial charge in [0.05, 0.1) is 10.5 Å². The molecule has 1 fully saturated rings. The third-order valence-electron chi connectivity index (χ3n) is 5.84. The van der Waals surface area contributed by atoms with Gasteiger partial charge in [-0.2, -0.15) is 17.5 Å². The first kappa shape index (κ1) is 27.6. The summed E-state index contributed by atoms with van der Waals surface area (Å²) in [7, 11) is -3.70. The van der Waals surface area contributed by atoms with E-state index in [1.807, 2.05) is 0 Å². The molecule has 1 saturated heterocycles. The van der Waals surface area contributed by atoms with E-state index in [-0.39, 0.29) is 36.7 Å². The van der Waals surface area contributed by atoms with Gasteiger partial charge in [-0.15, -0.1) is 6.54 Å². The maximum atomic E-state index is 12.9. The number of nitrogens with one attached hydrogen (secondary N) is 1. The minimum absolute atomic E-state index is 0.0321. The first-order valence-corrected chi connectivity index (χ1v) is 12.4. The third kappa shape index (κ3) is 6.59. The van der Waals surface area contributed by atoms with Crippen LogP contribution in [0, 0.1) is 5.82 Å². The average Bonchev–Trinajstić information content (AvgIpc) is 3.24. The van der Waals surface area contributed by atoms with Crippen molar-refractivity contribution in [2.24, 2.45) is 5.16 Å². The standard InChI is InChI=1S/C14H15FN2O5S.C9H9F3N/c15-10-1-3-11(4-2-10)23(20,21)17-7-5-14(6-8-17)9-12(13(18)19)16-22-14;10-9(11,12)8-3-1-2-7(6-8)4-5-13/h1-4H,5-9H2,(H,18,19);1-3,6,13H,4-5H2/q;-1. The first-order chi connectivity index (χ1) is 16.9. The van der Waals surface area contributed by atoms with Gasteiger partial charge in [0.2, 0.25) is 10.0 Å². The Labute approximate surface area is 205 Å². The zero-order valence-corrected chi connectivity index (χ0v) is 19.8. The number of hydrogen-bond acceptors (Lipinski definition) is 5. The Bertz CT molecular complexity index is 1210. The van der Waals surface area contributed by atoms with Gasteiger partial charge in [0.15, 0.2) is 5.71 Å². The summed E-state index contributed by atoms with van der Waals surface area (Å²) < 4.78 is 75.7. The summed E-state index contributed by atoms with van der Waals surface area (Å²) in [6.07, 6.45) is -3.03. The number of carboxylic acids is 1. The SMILES string of the molecule is O=C(O)C1=NOC2(CCN(S(=O)(=O)c3ccc(F)cc3)CC2)C1.[NH-]CCc1cccc(C(F)(F)F)c1. The van der Waals surface area contributed by atoms with Crippen LogP contribution in [0.2, 0.25) is 0 Å². The Morgan fingerprint density at radius 2 is 1.78 bits per heavy atom. The lowest BCUT2D eigenvalue weighted by molar-refractivity contribution is -0.137. The molecule has 0 radical (unpaired) electrons. The predicted octanol–water partition coefficient (Wildman–Crippen LogP) is 4.51. The summed E-state index contributed by atoms with van der Waals surface area (Å²) in [5.41, 5.74) is 6.03. The second kappa shape index (κ2) is 10.9. The van der Waals surface area contributed by atoms with Crippen molar-refractivity contribution in [1.82, 2.24) is 4.31 Å². The number of benzene rings is 2. The number of halogens is 4. The van der Waals surface area contributed by atoms with Crippen molar-refractivity contribution < 1.29 is 40.7 Å². The molecule has 0 aliphatic carbocycles. The number of carboxylic acid groups (broad SMARTS) is 1. The van der Waals surface area contributed by atoms with Gasteiger partial charge in [-0.05, 0) is 42.3 Å². The lowest BCUT2D eigenvalue weighted by Gasteiger charge is -2.36. The molecule has 0 atom stereocenters. The largest absolute Gasteiger partial charge is 0.677 e. The van der Waals surface area contributed by atoms with Crippen LogP contribution in [0.15, 0.2) is 58.6 Å². The minimum atomic E-state index is -4.28. The number of rotatable bonds is 5. The van der Waals surface area contributed by atoms with E-state index in [0.29, 0.717) is 24.8 Å². The van der Waals surface area contributed by atoms with Crippen LogP contribution in [-0.2, 0) is 32.3 Å². The van der Waals surface area contributed by atoms with Crippen LogP contribution < -0.4 is 0 Å². The number of nitrogens with zero attached hydrogens (tertiary/aromatic N) is 2. The van der Waals surface area contributed by atoms with Gasteiger partial charge >= 0.3 is 12.1 Å². The molecule has 2 N–H and O–H groups in total. The monoisotopic (exact) mass is 530 g/mol. The van der Waals surface area contributed by atoms with Crippen molar-refractivity contribution in [3.8, 4) is 0 Å². The van der Waals surface area contributed by atoms with Crippen LogP contribution in [0.4, 0.5) is 17.6 Å². The Balaban J connectivity index is 0.000000236. The highest BCUT2D eigenvalue weighted by molar-refractivity contribution is 7.89. The number of aliphatic carboxylic acids is 1. The highest BCUT2D eigenvalue weighted by atomic mass is 32.2. The number of hydrogen-bond donors (Lipinski definition) is 1. The van der Waals surface area contributed by atoms with E-state index >= 15 is 0 Å². The minimum Gasteiger partial charge on any atom is -0.677 e. The molecule has 0 bridgehead atoms. The Hall–Kier alpha value is -3.03. The molecule has 196 valence electrons. The highest BCUT2D eigenvalue weighted by Crippen LogP contribution is 2.36. The molecule has 13 heteroatoms. The highest BCUT2D eigenvalue weighted by Gasteiger charge is 2.45. The number of piperidine rings is 1. The van der Waals surface area contributed by atoms with Crippen LogP contribution in [0.1, 0.15) is 30.4 Å². The maximum absolute atomic E-state index is 12.9. The molecule has 4 rings (SSSR count). The molecule has 0 amide bonds. The molecule has 2 aromatic rings. The van der Waals surface area contributed by atoms with Crippen LogP contribution in [0.3, 0.4) is 0 Å². The van der Waals surface area contributed by atoms with Gasteiger partial charge < -0.3 is 15.7 Å². The van der Waals surface area contributed by atoms with Crippen LogP contribution in [-0.4, -0.2) is 54.7 Å². The van der Waals surface area contributed by atoms with E-state index < -0.39 is 39.2 Å². The molecule has 8 nitrogen and oxygen atoms in total. The summed E-state index contributed by atoms with van der Waals surface area (Å²) >= 11 is 0. The summed E-state index contributed by atoms with van der Waals surface area (Å²) in [6.45, 7) is 0.506. The summed E-state index contributed by atoms with van der Waals surface area (Å²) in [5, 5.41) is 12.5. The van der Waals surface area contributed by atoms with Crippen molar-refractivity contribution in [2.75, 3.05) is 19.6 Å². The third-order valence-corrected chi connectivity index (χ3v) is 7.75. The molecular formula is C23H24F4N3O5S-.